The van der Waals surface area contributed by atoms with E-state index in [1.54, 1.807) is 13.8 Å². The molecule has 3 saturated heterocycles. The molecule has 2 amide bonds. The van der Waals surface area contributed by atoms with Crippen molar-refractivity contribution < 1.29 is 32.6 Å². The number of nitrogens with zero attached hydrogens (tertiary/aromatic N) is 3. The monoisotopic (exact) mass is 447 g/mol. The molecule has 3 heterocycles. The van der Waals surface area contributed by atoms with Crippen LogP contribution in [0.1, 0.15) is 52.9 Å². The lowest BCUT2D eigenvalue weighted by Crippen LogP contribution is -2.65. The number of alkyl halides is 3. The molecule has 4 rings (SSSR count). The van der Waals surface area contributed by atoms with E-state index in [1.807, 2.05) is 0 Å². The Morgan fingerprint density at radius 1 is 1.19 bits per heavy atom. The molecule has 4 fully saturated rings. The first-order valence-electron chi connectivity index (χ1n) is 11.1. The van der Waals surface area contributed by atoms with Gasteiger partial charge in [-0.1, -0.05) is 13.3 Å². The number of piperidine rings is 1. The van der Waals surface area contributed by atoms with Crippen LogP contribution in [0.4, 0.5) is 22.8 Å². The average molecular weight is 447 g/mol. The number of amides is 2. The number of likely N-dealkylation sites (tertiary alicyclic amines) is 2. The predicted molar refractivity (Wildman–Crippen MR) is 106 cm³/mol. The highest BCUT2D eigenvalue weighted by molar-refractivity contribution is 5.73. The minimum absolute atomic E-state index is 0.0511. The molecular weight excluding hydrogens is 415 g/mol. The molecular formula is C21H32F3N3O4. The van der Waals surface area contributed by atoms with Crippen molar-refractivity contribution in [2.45, 2.75) is 76.2 Å². The van der Waals surface area contributed by atoms with Gasteiger partial charge in [0.05, 0.1) is 5.54 Å². The summed E-state index contributed by atoms with van der Waals surface area (Å²) >= 11 is 0. The molecule has 3 unspecified atom stereocenters. The van der Waals surface area contributed by atoms with Crippen LogP contribution in [0.15, 0.2) is 0 Å². The van der Waals surface area contributed by atoms with Gasteiger partial charge in [-0.05, 0) is 38.0 Å². The molecule has 31 heavy (non-hydrogen) atoms. The largest absolute Gasteiger partial charge is 0.465 e. The van der Waals surface area contributed by atoms with Crippen LogP contribution in [0.25, 0.3) is 0 Å². The third kappa shape index (κ3) is 3.45. The Labute approximate surface area is 180 Å². The molecule has 3 atom stereocenters. The molecule has 2 spiro atoms. The minimum Gasteiger partial charge on any atom is -0.465 e. The van der Waals surface area contributed by atoms with Crippen molar-refractivity contribution in [2.75, 3.05) is 32.7 Å². The molecule has 0 radical (unpaired) electrons. The Balaban J connectivity index is 1.41. The Morgan fingerprint density at radius 3 is 2.35 bits per heavy atom. The van der Waals surface area contributed by atoms with E-state index in [4.69, 9.17) is 4.74 Å². The van der Waals surface area contributed by atoms with Crippen molar-refractivity contribution in [3.05, 3.63) is 0 Å². The first kappa shape index (κ1) is 22.5. The van der Waals surface area contributed by atoms with Crippen molar-refractivity contribution in [2.24, 2.45) is 11.3 Å². The van der Waals surface area contributed by atoms with Gasteiger partial charge in [0.15, 0.2) is 0 Å². The molecule has 1 N–H and O–H groups in total. The van der Waals surface area contributed by atoms with Gasteiger partial charge in [-0.3, -0.25) is 9.80 Å². The summed E-state index contributed by atoms with van der Waals surface area (Å²) in [6.45, 7) is 6.69. The van der Waals surface area contributed by atoms with Crippen molar-refractivity contribution in [3.63, 3.8) is 0 Å². The summed E-state index contributed by atoms with van der Waals surface area (Å²) in [7, 11) is 0. The molecule has 1 aliphatic carbocycles. The van der Waals surface area contributed by atoms with Crippen LogP contribution < -0.4 is 0 Å². The van der Waals surface area contributed by atoms with Crippen molar-refractivity contribution in [3.8, 4) is 0 Å². The Bertz CT molecular complexity index is 751. The van der Waals surface area contributed by atoms with E-state index in [9.17, 15) is 27.9 Å². The van der Waals surface area contributed by atoms with Crippen LogP contribution in [-0.4, -0.2) is 88.1 Å². The standard InChI is InChI=1S/C21H32F3N3O4/c1-4-14-15(11-19(14)5-8-26(12-19)16(28)29)25-9-6-20(7-10-25)18(2,3)27(17(30)31-20)13-21(22,23)24/h14-15H,4-13H2,1-3H3,(H,28,29). The van der Waals surface area contributed by atoms with Gasteiger partial charge in [0.1, 0.15) is 12.1 Å². The van der Waals surface area contributed by atoms with E-state index < -0.39 is 36.0 Å². The second-order valence-corrected chi connectivity index (χ2v) is 10.3. The van der Waals surface area contributed by atoms with E-state index in [1.165, 1.54) is 4.90 Å². The lowest BCUT2D eigenvalue weighted by molar-refractivity contribution is -0.152. The average Bonchev–Trinajstić information content (AvgIpc) is 3.18. The Kier molecular flexibility index (Phi) is 5.18. The van der Waals surface area contributed by atoms with E-state index in [0.717, 1.165) is 24.2 Å². The maximum absolute atomic E-state index is 13.0. The number of hydrogen-bond donors (Lipinski definition) is 1. The van der Waals surface area contributed by atoms with Crippen molar-refractivity contribution in [1.29, 1.82) is 0 Å². The molecule has 7 nitrogen and oxygen atoms in total. The van der Waals surface area contributed by atoms with Crippen LogP contribution in [0.3, 0.4) is 0 Å². The molecule has 10 heteroatoms. The fourth-order valence-electron chi connectivity index (χ4n) is 6.77. The summed E-state index contributed by atoms with van der Waals surface area (Å²) in [5, 5.41) is 9.32. The maximum atomic E-state index is 13.0. The Hall–Kier alpha value is -1.71. The normalized spacial score (nSPS) is 35.0. The third-order valence-electron chi connectivity index (χ3n) is 8.67. The van der Waals surface area contributed by atoms with Crippen LogP contribution in [0.2, 0.25) is 0 Å². The van der Waals surface area contributed by atoms with Gasteiger partial charge < -0.3 is 14.7 Å². The molecule has 0 aromatic rings. The first-order chi connectivity index (χ1) is 14.3. The quantitative estimate of drug-likeness (QED) is 0.713. The SMILES string of the molecule is CCC1C(N2CCC3(CC2)OC(=O)N(CC(F)(F)F)C3(C)C)CC12CCN(C(=O)O)C2. The number of ether oxygens (including phenoxy) is 1. The number of carbonyl (C=O) groups excluding carboxylic acids is 1. The van der Waals surface area contributed by atoms with E-state index in [-0.39, 0.29) is 5.41 Å². The third-order valence-corrected chi connectivity index (χ3v) is 8.67. The Morgan fingerprint density at radius 2 is 1.84 bits per heavy atom. The second kappa shape index (κ2) is 7.15. The molecule has 0 aromatic heterocycles. The highest BCUT2D eigenvalue weighted by Crippen LogP contribution is 2.57. The topological polar surface area (TPSA) is 73.3 Å². The fraction of sp³-hybridized carbons (Fsp3) is 0.905. The highest BCUT2D eigenvalue weighted by Gasteiger charge is 2.64. The summed E-state index contributed by atoms with van der Waals surface area (Å²) in [6, 6.07) is 0.350. The molecule has 4 aliphatic rings. The van der Waals surface area contributed by atoms with Crippen LogP contribution in [0, 0.1) is 11.3 Å². The maximum Gasteiger partial charge on any atom is 0.411 e. The smallest absolute Gasteiger partial charge is 0.411 e. The van der Waals surface area contributed by atoms with Crippen LogP contribution in [-0.2, 0) is 4.74 Å². The van der Waals surface area contributed by atoms with Crippen molar-refractivity contribution in [1.82, 2.24) is 14.7 Å². The van der Waals surface area contributed by atoms with Gasteiger partial charge in [-0.15, -0.1) is 0 Å². The van der Waals surface area contributed by atoms with Crippen molar-refractivity contribution >= 4 is 12.2 Å². The van der Waals surface area contributed by atoms with Gasteiger partial charge in [0, 0.05) is 45.1 Å². The number of halogens is 3. The zero-order valence-corrected chi connectivity index (χ0v) is 18.4. The summed E-state index contributed by atoms with van der Waals surface area (Å²) in [5.41, 5.74) is -1.90. The van der Waals surface area contributed by atoms with Gasteiger partial charge >= 0.3 is 18.4 Å². The molecule has 3 aliphatic heterocycles. The van der Waals surface area contributed by atoms with Gasteiger partial charge in [-0.25, -0.2) is 9.59 Å². The zero-order chi connectivity index (χ0) is 22.8. The summed E-state index contributed by atoms with van der Waals surface area (Å²) in [4.78, 5) is 28.4. The lowest BCUT2D eigenvalue weighted by atomic mass is 9.54. The number of carboxylic acid groups (broad SMARTS) is 1. The van der Waals surface area contributed by atoms with E-state index in [0.29, 0.717) is 51.0 Å². The first-order valence-corrected chi connectivity index (χ1v) is 11.1. The van der Waals surface area contributed by atoms with Crippen LogP contribution in [0.5, 0.6) is 0 Å². The van der Waals surface area contributed by atoms with Gasteiger partial charge in [0.25, 0.3) is 0 Å². The molecule has 0 aromatic carbocycles. The highest BCUT2D eigenvalue weighted by atomic mass is 19.4. The zero-order valence-electron chi connectivity index (χ0n) is 18.4. The number of rotatable bonds is 3. The lowest BCUT2D eigenvalue weighted by Gasteiger charge is -2.59. The number of carbonyl (C=O) groups is 2. The van der Waals surface area contributed by atoms with Gasteiger partial charge in [-0.2, -0.15) is 13.2 Å². The fourth-order valence-corrected chi connectivity index (χ4v) is 6.77. The second-order valence-electron chi connectivity index (χ2n) is 10.3. The summed E-state index contributed by atoms with van der Waals surface area (Å²) in [6.07, 6.45) is -2.40. The molecule has 0 bridgehead atoms. The molecule has 176 valence electrons. The summed E-state index contributed by atoms with van der Waals surface area (Å²) < 4.78 is 44.6. The summed E-state index contributed by atoms with van der Waals surface area (Å²) in [5.74, 6) is 0.409. The molecule has 1 saturated carbocycles. The predicted octanol–water partition coefficient (Wildman–Crippen LogP) is 3.78. The minimum atomic E-state index is -4.47. The van der Waals surface area contributed by atoms with E-state index in [2.05, 4.69) is 11.8 Å². The van der Waals surface area contributed by atoms with Gasteiger partial charge in [0.2, 0.25) is 0 Å². The van der Waals surface area contributed by atoms with Crippen LogP contribution >= 0.6 is 0 Å². The van der Waals surface area contributed by atoms with E-state index >= 15 is 0 Å². The number of hydrogen-bond acceptors (Lipinski definition) is 4.